The largest absolute Gasteiger partial charge is 0.480 e. The van der Waals surface area contributed by atoms with E-state index in [0.29, 0.717) is 19.3 Å². The summed E-state index contributed by atoms with van der Waals surface area (Å²) in [6.07, 6.45) is 52.1. The molecular weight excluding hydrogens is 753 g/mol. The molecule has 0 rings (SSSR count). The number of hydrogen-bond donors (Lipinski definition) is 4. The molecular formula is C51H94N2O7. The molecule has 0 aromatic rings. The van der Waals surface area contributed by atoms with Crippen molar-refractivity contribution in [1.29, 1.82) is 0 Å². The Morgan fingerprint density at radius 1 is 0.500 bits per heavy atom. The summed E-state index contributed by atoms with van der Waals surface area (Å²) < 4.78 is 6.07. The van der Waals surface area contributed by atoms with E-state index >= 15 is 0 Å². The number of ether oxygens (including phenoxy) is 1. The summed E-state index contributed by atoms with van der Waals surface area (Å²) in [5.41, 5.74) is 0. The molecule has 9 heteroatoms. The Morgan fingerprint density at radius 2 is 0.900 bits per heavy atom. The predicted molar refractivity (Wildman–Crippen MR) is 250 cm³/mol. The number of nitrogens with one attached hydrogen (secondary N) is 2. The molecule has 0 spiro atoms. The monoisotopic (exact) mass is 847 g/mol. The highest BCUT2D eigenvalue weighted by Crippen LogP contribution is 2.19. The molecule has 4 N–H and O–H groups in total. The lowest BCUT2D eigenvalue weighted by atomic mass is 10.0. The molecule has 0 saturated heterocycles. The van der Waals surface area contributed by atoms with Crippen LogP contribution >= 0.6 is 0 Å². The van der Waals surface area contributed by atoms with Crippen molar-refractivity contribution in [2.24, 2.45) is 0 Å². The number of aliphatic hydroxyl groups is 1. The van der Waals surface area contributed by atoms with Gasteiger partial charge in [-0.15, -0.1) is 0 Å². The number of allylic oxidation sites excluding steroid dienone is 4. The Balaban J connectivity index is 4.30. The fraction of sp³-hybridized carbons (Fsp3) is 0.843. The van der Waals surface area contributed by atoms with Crippen LogP contribution in [0, 0.1) is 0 Å². The number of aliphatic hydroxyl groups excluding tert-OH is 1. The van der Waals surface area contributed by atoms with E-state index in [4.69, 9.17) is 14.9 Å². The first-order valence-electron chi connectivity index (χ1n) is 25.2. The van der Waals surface area contributed by atoms with Gasteiger partial charge in [0.1, 0.15) is 12.1 Å². The molecule has 0 aliphatic rings. The van der Waals surface area contributed by atoms with Gasteiger partial charge in [0.25, 0.3) is 0 Å². The zero-order valence-electron chi connectivity index (χ0n) is 39.0. The van der Waals surface area contributed by atoms with E-state index in [9.17, 15) is 19.2 Å². The van der Waals surface area contributed by atoms with Crippen molar-refractivity contribution in [3.05, 3.63) is 24.3 Å². The van der Waals surface area contributed by atoms with Crippen molar-refractivity contribution >= 4 is 23.8 Å². The number of carboxylic acids is 1. The lowest BCUT2D eigenvalue weighted by Crippen LogP contribution is -2.47. The third-order valence-corrected chi connectivity index (χ3v) is 11.5. The Labute approximate surface area is 368 Å². The zero-order valence-corrected chi connectivity index (χ0v) is 39.0. The maximum Gasteiger partial charge on any atom is 0.328 e. The third kappa shape index (κ3) is 42.0. The van der Waals surface area contributed by atoms with Gasteiger partial charge >= 0.3 is 11.9 Å². The number of hydrogen-bond acceptors (Lipinski definition) is 6. The van der Waals surface area contributed by atoms with Crippen LogP contribution in [0.15, 0.2) is 24.3 Å². The lowest BCUT2D eigenvalue weighted by molar-refractivity contribution is -0.150. The van der Waals surface area contributed by atoms with Crippen LogP contribution in [0.4, 0.5) is 0 Å². The lowest BCUT2D eigenvalue weighted by Gasteiger charge is -2.18. The fourth-order valence-corrected chi connectivity index (χ4v) is 7.57. The Morgan fingerprint density at radius 3 is 1.35 bits per heavy atom. The van der Waals surface area contributed by atoms with Gasteiger partial charge in [-0.05, 0) is 70.6 Å². The molecule has 60 heavy (non-hydrogen) atoms. The number of unbranched alkanes of at least 4 members (excludes halogenated alkanes) is 28. The molecule has 0 aromatic carbocycles. The quantitative estimate of drug-likeness (QED) is 0.0271. The highest BCUT2D eigenvalue weighted by atomic mass is 16.5. The number of esters is 1. The van der Waals surface area contributed by atoms with Crippen LogP contribution in [0.3, 0.4) is 0 Å². The molecule has 2 amide bonds. The van der Waals surface area contributed by atoms with Crippen LogP contribution in [-0.2, 0) is 23.9 Å². The standard InChI is InChI=1S/C51H94N2O7/c1-3-5-7-9-11-13-15-17-19-20-21-22-24-26-28-30-35-39-43-50(57)60-46(40-36-32-29-27-25-23-18-16-14-12-10-8-6-4-2)41-37-33-31-34-38-42-48(55)52-44-49(56)53-47(45-54)51(58)59/h13,15,19-20,46-47,54H,3-12,14,16-18,21-45H2,1-2H3,(H,52,55)(H,53,56)(H,58,59)/b15-13-,20-19-. The maximum atomic E-state index is 12.9. The van der Waals surface area contributed by atoms with Crippen molar-refractivity contribution in [3.63, 3.8) is 0 Å². The number of amides is 2. The zero-order chi connectivity index (χ0) is 44.0. The molecule has 0 aromatic heterocycles. The van der Waals surface area contributed by atoms with Crippen LogP contribution < -0.4 is 10.6 Å². The summed E-state index contributed by atoms with van der Waals surface area (Å²) in [4.78, 5) is 47.8. The van der Waals surface area contributed by atoms with Crippen molar-refractivity contribution in [2.75, 3.05) is 13.2 Å². The fourth-order valence-electron chi connectivity index (χ4n) is 7.57. The second-order valence-corrected chi connectivity index (χ2v) is 17.3. The summed E-state index contributed by atoms with van der Waals surface area (Å²) in [6, 6.07) is -1.38. The smallest absolute Gasteiger partial charge is 0.328 e. The number of carbonyl (C=O) groups is 4. The number of rotatable bonds is 46. The molecule has 0 radical (unpaired) electrons. The molecule has 0 bridgehead atoms. The van der Waals surface area contributed by atoms with Gasteiger partial charge in [-0.1, -0.05) is 192 Å². The SMILES string of the molecule is CCCCCC/C=C\C/C=C\CCCCCCCCCC(=O)OC(CCCCCCCCCCCCCCCC)CCCCCCCC(=O)NCC(=O)NC(CO)C(=O)O. The summed E-state index contributed by atoms with van der Waals surface area (Å²) >= 11 is 0. The topological polar surface area (TPSA) is 142 Å². The number of carbonyl (C=O) groups excluding carboxylic acids is 3. The molecule has 0 heterocycles. The van der Waals surface area contributed by atoms with Gasteiger partial charge in [0, 0.05) is 12.8 Å². The van der Waals surface area contributed by atoms with E-state index in [0.717, 1.165) is 64.2 Å². The van der Waals surface area contributed by atoms with Crippen molar-refractivity contribution in [1.82, 2.24) is 10.6 Å². The number of carboxylic acid groups (broad SMARTS) is 1. The summed E-state index contributed by atoms with van der Waals surface area (Å²) in [5, 5.41) is 22.6. The van der Waals surface area contributed by atoms with Gasteiger partial charge in [0.2, 0.25) is 11.8 Å². The molecule has 350 valence electrons. The van der Waals surface area contributed by atoms with Gasteiger partial charge in [-0.2, -0.15) is 0 Å². The minimum Gasteiger partial charge on any atom is -0.480 e. The molecule has 0 saturated carbocycles. The van der Waals surface area contributed by atoms with E-state index in [1.54, 1.807) is 0 Å². The van der Waals surface area contributed by atoms with Crippen LogP contribution in [0.1, 0.15) is 251 Å². The van der Waals surface area contributed by atoms with Crippen molar-refractivity contribution < 1.29 is 34.1 Å². The second kappa shape index (κ2) is 45.8. The number of aliphatic carboxylic acids is 1. The van der Waals surface area contributed by atoms with Crippen LogP contribution in [0.5, 0.6) is 0 Å². The Bertz CT molecular complexity index is 1060. The van der Waals surface area contributed by atoms with E-state index in [2.05, 4.69) is 48.8 Å². The molecule has 0 aliphatic carbocycles. The van der Waals surface area contributed by atoms with E-state index in [1.165, 1.54) is 154 Å². The predicted octanol–water partition coefficient (Wildman–Crippen LogP) is 13.2. The average Bonchev–Trinajstić information content (AvgIpc) is 3.23. The minimum absolute atomic E-state index is 0.0149. The highest BCUT2D eigenvalue weighted by Gasteiger charge is 2.19. The molecule has 0 aliphatic heterocycles. The van der Waals surface area contributed by atoms with Gasteiger partial charge in [0.05, 0.1) is 13.2 Å². The first-order valence-corrected chi connectivity index (χ1v) is 25.2. The summed E-state index contributed by atoms with van der Waals surface area (Å²) in [7, 11) is 0. The second-order valence-electron chi connectivity index (χ2n) is 17.3. The van der Waals surface area contributed by atoms with Gasteiger partial charge in [0.15, 0.2) is 0 Å². The first kappa shape index (κ1) is 57.3. The van der Waals surface area contributed by atoms with E-state index in [-0.39, 0.29) is 24.5 Å². The van der Waals surface area contributed by atoms with E-state index in [1.807, 2.05) is 0 Å². The highest BCUT2D eigenvalue weighted by molar-refractivity contribution is 5.87. The average molecular weight is 847 g/mol. The minimum atomic E-state index is -1.38. The van der Waals surface area contributed by atoms with Crippen molar-refractivity contribution in [2.45, 2.75) is 264 Å². The van der Waals surface area contributed by atoms with E-state index < -0.39 is 24.5 Å². The van der Waals surface area contributed by atoms with Crippen molar-refractivity contribution in [3.8, 4) is 0 Å². The normalized spacial score (nSPS) is 12.6. The van der Waals surface area contributed by atoms with Gasteiger partial charge in [-0.25, -0.2) is 4.79 Å². The van der Waals surface area contributed by atoms with Crippen LogP contribution in [0.25, 0.3) is 0 Å². The van der Waals surface area contributed by atoms with Crippen LogP contribution in [-0.4, -0.2) is 59.3 Å². The molecule has 2 unspecified atom stereocenters. The molecule has 9 nitrogen and oxygen atoms in total. The molecule has 2 atom stereocenters. The Kier molecular flexibility index (Phi) is 43.8. The maximum absolute atomic E-state index is 12.9. The Hall–Kier alpha value is -2.68. The first-order chi connectivity index (χ1) is 29.3. The summed E-state index contributed by atoms with van der Waals surface area (Å²) in [6.45, 7) is 3.49. The third-order valence-electron chi connectivity index (χ3n) is 11.5. The summed E-state index contributed by atoms with van der Waals surface area (Å²) in [5.74, 6) is -2.28. The van der Waals surface area contributed by atoms with Gasteiger partial charge < -0.3 is 25.6 Å². The molecule has 0 fully saturated rings. The van der Waals surface area contributed by atoms with Crippen LogP contribution in [0.2, 0.25) is 0 Å². The van der Waals surface area contributed by atoms with Gasteiger partial charge in [-0.3, -0.25) is 14.4 Å².